The van der Waals surface area contributed by atoms with Gasteiger partial charge in [0.25, 0.3) is 11.5 Å². The van der Waals surface area contributed by atoms with Crippen molar-refractivity contribution >= 4 is 5.91 Å². The summed E-state index contributed by atoms with van der Waals surface area (Å²) < 4.78 is 39.3. The highest BCUT2D eigenvalue weighted by atomic mass is 19.4. The van der Waals surface area contributed by atoms with E-state index in [1.165, 1.54) is 16.8 Å². The summed E-state index contributed by atoms with van der Waals surface area (Å²) in [5.74, 6) is -0.559. The molecule has 7 nitrogen and oxygen atoms in total. The molecule has 1 atom stereocenters. The smallest absolute Gasteiger partial charge is 0.344 e. The molecular formula is C18H16F3N5O2. The van der Waals surface area contributed by atoms with Crippen molar-refractivity contribution in [1.29, 1.82) is 0 Å². The molecule has 0 spiro atoms. The molecule has 0 saturated carbocycles. The number of nitrogens with zero attached hydrogens (tertiary/aromatic N) is 3. The topological polar surface area (TPSA) is 92.7 Å². The van der Waals surface area contributed by atoms with Crippen LogP contribution in [0.2, 0.25) is 0 Å². The lowest BCUT2D eigenvalue weighted by atomic mass is 10.1. The normalized spacial score (nSPS) is 12.6. The zero-order valence-electron chi connectivity index (χ0n) is 14.9. The van der Waals surface area contributed by atoms with E-state index >= 15 is 0 Å². The van der Waals surface area contributed by atoms with Crippen LogP contribution < -0.4 is 10.9 Å². The monoisotopic (exact) mass is 391 g/mol. The van der Waals surface area contributed by atoms with Crippen LogP contribution in [0.1, 0.15) is 40.1 Å². The van der Waals surface area contributed by atoms with Crippen LogP contribution >= 0.6 is 0 Å². The maximum Gasteiger partial charge on any atom is 0.416 e. The molecule has 146 valence electrons. The number of H-pyrrole nitrogens is 1. The Labute approximate surface area is 157 Å². The van der Waals surface area contributed by atoms with Crippen LogP contribution in [0.25, 0.3) is 5.95 Å². The summed E-state index contributed by atoms with van der Waals surface area (Å²) in [4.78, 5) is 30.9. The molecule has 10 heteroatoms. The Bertz CT molecular complexity index is 1050. The first-order valence-electron chi connectivity index (χ1n) is 8.24. The number of hydrogen-bond acceptors (Lipinski definition) is 4. The van der Waals surface area contributed by atoms with E-state index in [1.807, 2.05) is 6.92 Å². The van der Waals surface area contributed by atoms with E-state index in [9.17, 15) is 22.8 Å². The van der Waals surface area contributed by atoms with Crippen LogP contribution in [-0.2, 0) is 6.18 Å². The van der Waals surface area contributed by atoms with Crippen LogP contribution in [0.15, 0.2) is 47.5 Å². The number of aromatic nitrogens is 4. The fraction of sp³-hybridized carbons (Fsp3) is 0.222. The molecule has 0 radical (unpaired) electrons. The van der Waals surface area contributed by atoms with Crippen LogP contribution in [-0.4, -0.2) is 25.7 Å². The molecule has 0 unspecified atom stereocenters. The van der Waals surface area contributed by atoms with Gasteiger partial charge in [0, 0.05) is 12.3 Å². The Kier molecular flexibility index (Phi) is 5.04. The minimum atomic E-state index is -4.43. The van der Waals surface area contributed by atoms with E-state index in [0.29, 0.717) is 5.56 Å². The van der Waals surface area contributed by atoms with Gasteiger partial charge in [-0.25, -0.2) is 9.67 Å². The number of benzene rings is 1. The molecule has 2 heterocycles. The lowest BCUT2D eigenvalue weighted by Gasteiger charge is -2.15. The van der Waals surface area contributed by atoms with Gasteiger partial charge < -0.3 is 5.32 Å². The Balaban J connectivity index is 1.79. The number of carbonyl (C=O) groups is 1. The van der Waals surface area contributed by atoms with Gasteiger partial charge in [-0.1, -0.05) is 12.1 Å². The molecule has 0 fully saturated rings. The molecule has 3 rings (SSSR count). The van der Waals surface area contributed by atoms with Gasteiger partial charge in [0.15, 0.2) is 0 Å². The van der Waals surface area contributed by atoms with E-state index < -0.39 is 29.2 Å². The molecule has 0 aliphatic heterocycles. The number of hydrogen-bond donors (Lipinski definition) is 2. The van der Waals surface area contributed by atoms with Crippen LogP contribution in [0.5, 0.6) is 0 Å². The summed E-state index contributed by atoms with van der Waals surface area (Å²) in [6, 6.07) is 4.91. The molecule has 28 heavy (non-hydrogen) atoms. The molecule has 0 aliphatic rings. The van der Waals surface area contributed by atoms with E-state index in [2.05, 4.69) is 20.4 Å². The van der Waals surface area contributed by atoms with Crippen LogP contribution in [0.4, 0.5) is 13.2 Å². The fourth-order valence-electron chi connectivity index (χ4n) is 2.51. The third kappa shape index (κ3) is 4.27. The molecular weight excluding hydrogens is 375 g/mol. The predicted molar refractivity (Wildman–Crippen MR) is 94.0 cm³/mol. The van der Waals surface area contributed by atoms with Gasteiger partial charge in [0.2, 0.25) is 5.95 Å². The standard InChI is InChI=1S/C18H16F3N5O2/c1-10-8-22-26(9-10)17-24-14(7-15(27)25-17)16(28)23-11(2)12-3-5-13(6-4-12)18(19,20)21/h3-9,11H,1-2H3,(H,23,28)(H,24,25,27)/t11-/m1/s1. The van der Waals surface area contributed by atoms with Crippen molar-refractivity contribution in [2.45, 2.75) is 26.1 Å². The number of nitrogens with one attached hydrogen (secondary N) is 2. The highest BCUT2D eigenvalue weighted by Gasteiger charge is 2.30. The lowest BCUT2D eigenvalue weighted by Crippen LogP contribution is -2.29. The number of rotatable bonds is 4. The summed E-state index contributed by atoms with van der Waals surface area (Å²) in [7, 11) is 0. The van der Waals surface area contributed by atoms with Crippen molar-refractivity contribution in [1.82, 2.24) is 25.1 Å². The number of aryl methyl sites for hydroxylation is 1. The zero-order valence-corrected chi connectivity index (χ0v) is 14.9. The zero-order chi connectivity index (χ0) is 20.5. The Morgan fingerprint density at radius 2 is 1.93 bits per heavy atom. The third-order valence-corrected chi connectivity index (χ3v) is 3.98. The average molecular weight is 391 g/mol. The third-order valence-electron chi connectivity index (χ3n) is 3.98. The minimum absolute atomic E-state index is 0.0768. The molecule has 1 aromatic carbocycles. The van der Waals surface area contributed by atoms with Crippen molar-refractivity contribution in [3.05, 3.63) is 75.5 Å². The highest BCUT2D eigenvalue weighted by Crippen LogP contribution is 2.29. The second-order valence-corrected chi connectivity index (χ2v) is 6.23. The number of aromatic amines is 1. The number of carbonyl (C=O) groups excluding carboxylic acids is 1. The van der Waals surface area contributed by atoms with Crippen molar-refractivity contribution in [2.24, 2.45) is 0 Å². The Morgan fingerprint density at radius 1 is 1.25 bits per heavy atom. The van der Waals surface area contributed by atoms with Crippen LogP contribution in [0.3, 0.4) is 0 Å². The predicted octanol–water partition coefficient (Wildman–Crippen LogP) is 2.77. The summed E-state index contributed by atoms with van der Waals surface area (Å²) >= 11 is 0. The lowest BCUT2D eigenvalue weighted by molar-refractivity contribution is -0.137. The molecule has 2 aromatic heterocycles. The molecule has 0 saturated heterocycles. The summed E-state index contributed by atoms with van der Waals surface area (Å²) in [5, 5.41) is 6.64. The first-order valence-corrected chi connectivity index (χ1v) is 8.24. The van der Waals surface area contributed by atoms with Gasteiger partial charge >= 0.3 is 6.18 Å². The van der Waals surface area contributed by atoms with Gasteiger partial charge in [-0.3, -0.25) is 14.6 Å². The van der Waals surface area contributed by atoms with Gasteiger partial charge in [0.05, 0.1) is 17.8 Å². The van der Waals surface area contributed by atoms with Crippen molar-refractivity contribution in [3.8, 4) is 5.95 Å². The first kappa shape index (κ1) is 19.3. The largest absolute Gasteiger partial charge is 0.416 e. The summed E-state index contributed by atoms with van der Waals surface area (Å²) in [5.41, 5.74) is -0.121. The second-order valence-electron chi connectivity index (χ2n) is 6.23. The van der Waals surface area contributed by atoms with Gasteiger partial charge in [-0.05, 0) is 37.1 Å². The van der Waals surface area contributed by atoms with Crippen molar-refractivity contribution in [2.75, 3.05) is 0 Å². The van der Waals surface area contributed by atoms with Gasteiger partial charge in [-0.15, -0.1) is 0 Å². The second kappa shape index (κ2) is 7.29. The van der Waals surface area contributed by atoms with E-state index in [1.54, 1.807) is 19.3 Å². The summed E-state index contributed by atoms with van der Waals surface area (Å²) in [6.07, 6.45) is -1.23. The van der Waals surface area contributed by atoms with E-state index in [0.717, 1.165) is 23.8 Å². The van der Waals surface area contributed by atoms with Crippen LogP contribution in [0, 0.1) is 6.92 Å². The van der Waals surface area contributed by atoms with Crippen molar-refractivity contribution < 1.29 is 18.0 Å². The SMILES string of the molecule is Cc1cnn(-c2nc(C(=O)N[C@H](C)c3ccc(C(F)(F)F)cc3)cc(=O)[nH]2)c1. The molecule has 0 bridgehead atoms. The Morgan fingerprint density at radius 3 is 2.50 bits per heavy atom. The molecule has 2 N–H and O–H groups in total. The van der Waals surface area contributed by atoms with Gasteiger partial charge in [0.1, 0.15) is 5.69 Å². The van der Waals surface area contributed by atoms with E-state index in [-0.39, 0.29) is 11.6 Å². The molecule has 3 aromatic rings. The van der Waals surface area contributed by atoms with Crippen molar-refractivity contribution in [3.63, 3.8) is 0 Å². The first-order chi connectivity index (χ1) is 13.1. The maximum atomic E-state index is 12.7. The fourth-order valence-corrected chi connectivity index (χ4v) is 2.51. The maximum absolute atomic E-state index is 12.7. The summed E-state index contributed by atoms with van der Waals surface area (Å²) in [6.45, 7) is 3.43. The molecule has 0 aliphatic carbocycles. The number of alkyl halides is 3. The minimum Gasteiger partial charge on any atom is -0.344 e. The Hall–Kier alpha value is -3.43. The van der Waals surface area contributed by atoms with Gasteiger partial charge in [-0.2, -0.15) is 18.3 Å². The number of amides is 1. The number of halogens is 3. The average Bonchev–Trinajstić information content (AvgIpc) is 3.07. The quantitative estimate of drug-likeness (QED) is 0.715. The molecule has 1 amide bonds. The van der Waals surface area contributed by atoms with E-state index in [4.69, 9.17) is 0 Å². The highest BCUT2D eigenvalue weighted by molar-refractivity contribution is 5.92.